The Morgan fingerprint density at radius 1 is 0.250 bits per heavy atom. The first kappa shape index (κ1) is 66.0. The van der Waals surface area contributed by atoms with E-state index >= 15 is 0 Å². The van der Waals surface area contributed by atoms with E-state index in [0.717, 1.165) is 0 Å². The van der Waals surface area contributed by atoms with E-state index in [1.54, 1.807) is 0 Å². The van der Waals surface area contributed by atoms with Crippen LogP contribution in [0, 0.1) is 71.0 Å². The summed E-state index contributed by atoms with van der Waals surface area (Å²) in [5.74, 6) is 0. The van der Waals surface area contributed by atoms with Crippen molar-refractivity contribution >= 4 is 0 Å². The van der Waals surface area contributed by atoms with Gasteiger partial charge in [-0.25, -0.2) is 0 Å². The van der Waals surface area contributed by atoms with E-state index in [0.29, 0.717) is 0 Å². The SMILES string of the molecule is CC[N+](CC)(CC)CC.CC[N+](CC)(CC)CC.CC[N+](CC)(CC)CC.[C-]#N.[C-]#N.[C-]#N.[C-]#N.[C-]#N.[C-]#N.[Fe+3]. The molecule has 0 amide bonds. The second-order valence-corrected chi connectivity index (χ2v) is 7.82. The molecular formula is C30H60FeN9. The molecule has 1 radical (unpaired) electrons. The molecule has 0 saturated carbocycles. The summed E-state index contributed by atoms with van der Waals surface area (Å²) < 4.78 is 3.83. The van der Waals surface area contributed by atoms with E-state index < -0.39 is 0 Å². The summed E-state index contributed by atoms with van der Waals surface area (Å²) >= 11 is 0. The van der Waals surface area contributed by atoms with Crippen LogP contribution in [0.2, 0.25) is 0 Å². The number of nitrogens with zero attached hydrogens (tertiary/aromatic N) is 9. The minimum absolute atomic E-state index is 0. The van der Waals surface area contributed by atoms with E-state index in [4.69, 9.17) is 71.0 Å². The Kier molecular flexibility index (Phi) is 100. The summed E-state index contributed by atoms with van der Waals surface area (Å²) in [6.45, 7) is 71.2. The fourth-order valence-electron chi connectivity index (χ4n) is 4.02. The van der Waals surface area contributed by atoms with Gasteiger partial charge >= 0.3 is 17.1 Å². The molecule has 0 unspecified atom stereocenters. The van der Waals surface area contributed by atoms with Crippen molar-refractivity contribution in [3.63, 3.8) is 0 Å². The third kappa shape index (κ3) is 37.5. The number of quaternary nitrogens is 3. The molecule has 9 nitrogen and oxygen atoms in total. The molecule has 0 aromatic heterocycles. The van der Waals surface area contributed by atoms with Gasteiger partial charge in [-0.1, -0.05) is 0 Å². The molecule has 0 atom stereocenters. The molecule has 0 spiro atoms. The van der Waals surface area contributed by atoms with Crippen molar-refractivity contribution < 1.29 is 30.5 Å². The summed E-state index contributed by atoms with van der Waals surface area (Å²) in [6, 6.07) is 0. The third-order valence-corrected chi connectivity index (χ3v) is 8.05. The monoisotopic (exact) mass is 602 g/mol. The summed E-state index contributed by atoms with van der Waals surface area (Å²) in [7, 11) is 0. The third-order valence-electron chi connectivity index (χ3n) is 8.05. The Balaban J connectivity index is -0.0000000350. The van der Waals surface area contributed by atoms with Gasteiger partial charge in [-0.05, 0) is 83.1 Å². The maximum Gasteiger partial charge on any atom is 3.00 e. The van der Waals surface area contributed by atoms with Crippen molar-refractivity contribution in [3.05, 3.63) is 39.4 Å². The van der Waals surface area contributed by atoms with Gasteiger partial charge in [0.15, 0.2) is 0 Å². The maximum atomic E-state index is 6.25. The zero-order valence-electron chi connectivity index (χ0n) is 27.9. The zero-order chi connectivity index (χ0) is 34.0. The Bertz CT molecular complexity index is 380. The fraction of sp³-hybridized carbons (Fsp3) is 0.800. The summed E-state index contributed by atoms with van der Waals surface area (Å²) in [5, 5.41) is 37.5. The van der Waals surface area contributed by atoms with Gasteiger partial charge in [0.1, 0.15) is 0 Å². The molecular weight excluding hydrogens is 542 g/mol. The summed E-state index contributed by atoms with van der Waals surface area (Å²) in [5.41, 5.74) is 0. The maximum absolute atomic E-state index is 6.25. The summed E-state index contributed by atoms with van der Waals surface area (Å²) in [4.78, 5) is 0. The standard InChI is InChI=1S/3C8H20N.6CN.Fe/c3*1-5-9(6-2,7-3)8-4;6*1-2;/h3*5-8H2,1-4H3;;;;;;;/q3*+1;6*-1;+3. The molecule has 0 heterocycles. The first-order chi connectivity index (χ1) is 18.7. The summed E-state index contributed by atoms with van der Waals surface area (Å²) in [6.07, 6.45) is 0. The van der Waals surface area contributed by atoms with E-state index in [1.165, 1.54) is 92.0 Å². The van der Waals surface area contributed by atoms with Crippen LogP contribution in [0.4, 0.5) is 0 Å². The van der Waals surface area contributed by atoms with Crippen molar-refractivity contribution in [1.29, 1.82) is 31.6 Å². The Morgan fingerprint density at radius 3 is 0.300 bits per heavy atom. The molecule has 0 N–H and O–H groups in total. The van der Waals surface area contributed by atoms with Gasteiger partial charge in [0.25, 0.3) is 0 Å². The van der Waals surface area contributed by atoms with Crippen LogP contribution in [0.3, 0.4) is 0 Å². The zero-order valence-corrected chi connectivity index (χ0v) is 29.0. The number of hydrogen-bond acceptors (Lipinski definition) is 6. The van der Waals surface area contributed by atoms with Crippen molar-refractivity contribution in [3.8, 4) is 0 Å². The smallest absolute Gasteiger partial charge is 0.512 e. The second-order valence-electron chi connectivity index (χ2n) is 7.82. The van der Waals surface area contributed by atoms with Crippen LogP contribution in [0.15, 0.2) is 0 Å². The van der Waals surface area contributed by atoms with Crippen LogP contribution in [-0.2, 0) is 17.1 Å². The van der Waals surface area contributed by atoms with Crippen molar-refractivity contribution in [1.82, 2.24) is 0 Å². The molecule has 0 bridgehead atoms. The average molecular weight is 603 g/mol. The molecule has 0 rings (SSSR count). The van der Waals surface area contributed by atoms with Crippen LogP contribution in [0.1, 0.15) is 83.1 Å². The molecule has 0 aromatic rings. The van der Waals surface area contributed by atoms with Crippen LogP contribution in [0.25, 0.3) is 0 Å². The fourth-order valence-corrected chi connectivity index (χ4v) is 4.02. The topological polar surface area (TPSA) is 143 Å². The predicted octanol–water partition coefficient (Wildman–Crippen LogP) is 6.22. The number of rotatable bonds is 12. The van der Waals surface area contributed by atoms with Crippen LogP contribution < -0.4 is 0 Å². The van der Waals surface area contributed by atoms with E-state index in [-0.39, 0.29) is 17.1 Å². The van der Waals surface area contributed by atoms with Crippen LogP contribution in [-0.4, -0.2) is 92.0 Å². The van der Waals surface area contributed by atoms with Crippen molar-refractivity contribution in [2.24, 2.45) is 0 Å². The van der Waals surface area contributed by atoms with Gasteiger partial charge in [0, 0.05) is 0 Å². The molecule has 0 aliphatic heterocycles. The molecule has 0 saturated heterocycles. The second kappa shape index (κ2) is 60.7. The van der Waals surface area contributed by atoms with Gasteiger partial charge in [0.05, 0.1) is 78.5 Å². The van der Waals surface area contributed by atoms with Gasteiger partial charge < -0.3 is 84.5 Å². The van der Waals surface area contributed by atoms with Crippen LogP contribution in [0.5, 0.6) is 0 Å². The minimum Gasteiger partial charge on any atom is -0.512 e. The Hall–Kier alpha value is -2.66. The molecule has 233 valence electrons. The minimum atomic E-state index is 0. The quantitative estimate of drug-likeness (QED) is 0.147. The Morgan fingerprint density at radius 2 is 0.300 bits per heavy atom. The molecule has 0 aliphatic carbocycles. The molecule has 0 aromatic carbocycles. The first-order valence-corrected chi connectivity index (χ1v) is 13.6. The largest absolute Gasteiger partial charge is 3.00 e. The Labute approximate surface area is 262 Å². The van der Waals surface area contributed by atoms with Crippen LogP contribution >= 0.6 is 0 Å². The molecule has 10 heteroatoms. The van der Waals surface area contributed by atoms with E-state index in [1.807, 2.05) is 0 Å². The molecule has 0 fully saturated rings. The van der Waals surface area contributed by atoms with E-state index in [9.17, 15) is 0 Å². The average Bonchev–Trinajstić information content (AvgIpc) is 3.08. The van der Waals surface area contributed by atoms with Gasteiger partial charge in [-0.3, -0.25) is 0 Å². The van der Waals surface area contributed by atoms with Gasteiger partial charge in [-0.15, -0.1) is 0 Å². The van der Waals surface area contributed by atoms with Crippen molar-refractivity contribution in [2.75, 3.05) is 78.5 Å². The number of hydrogen-bond donors (Lipinski definition) is 0. The predicted molar refractivity (Wildman–Crippen MR) is 157 cm³/mol. The normalized spacial score (nSPS) is 8.40. The van der Waals surface area contributed by atoms with Crippen molar-refractivity contribution in [2.45, 2.75) is 83.1 Å². The van der Waals surface area contributed by atoms with Gasteiger partial charge in [0.2, 0.25) is 0 Å². The van der Waals surface area contributed by atoms with Gasteiger partial charge in [-0.2, -0.15) is 0 Å². The molecule has 40 heavy (non-hydrogen) atoms. The molecule has 0 aliphatic rings. The first-order valence-electron chi connectivity index (χ1n) is 13.6. The van der Waals surface area contributed by atoms with E-state index in [2.05, 4.69) is 83.1 Å².